The molecule has 1 N–H and O–H groups in total. The molecule has 1 saturated carbocycles. The quantitative estimate of drug-likeness (QED) is 0.619. The lowest BCUT2D eigenvalue weighted by atomic mass is 10.0. The molecule has 29 heavy (non-hydrogen) atoms. The van der Waals surface area contributed by atoms with Crippen molar-refractivity contribution in [3.63, 3.8) is 0 Å². The molecule has 1 atom stereocenters. The van der Waals surface area contributed by atoms with E-state index in [0.717, 1.165) is 17.5 Å². The van der Waals surface area contributed by atoms with Gasteiger partial charge in [-0.2, -0.15) is 4.68 Å². The highest BCUT2D eigenvalue weighted by atomic mass is 35.5. The molecule has 0 amide bonds. The Morgan fingerprint density at radius 1 is 1.34 bits per heavy atom. The summed E-state index contributed by atoms with van der Waals surface area (Å²) in [5, 5.41) is 25.4. The van der Waals surface area contributed by atoms with E-state index in [1.807, 2.05) is 0 Å². The lowest BCUT2D eigenvalue weighted by Crippen LogP contribution is -2.32. The smallest absolute Gasteiger partial charge is 0.328 e. The van der Waals surface area contributed by atoms with Crippen LogP contribution in [0.2, 0.25) is 5.02 Å². The summed E-state index contributed by atoms with van der Waals surface area (Å²) in [4.78, 5) is 24.6. The summed E-state index contributed by atoms with van der Waals surface area (Å²) in [6.07, 6.45) is 3.69. The van der Waals surface area contributed by atoms with Crippen molar-refractivity contribution in [1.29, 1.82) is 0 Å². The zero-order valence-electron chi connectivity index (χ0n) is 15.4. The summed E-state index contributed by atoms with van der Waals surface area (Å²) in [5.74, 6) is -0.698. The normalized spacial score (nSPS) is 14.6. The van der Waals surface area contributed by atoms with Gasteiger partial charge in [-0.1, -0.05) is 24.4 Å². The predicted molar refractivity (Wildman–Crippen MR) is 102 cm³/mol. The van der Waals surface area contributed by atoms with Crippen molar-refractivity contribution in [2.24, 2.45) is 5.92 Å². The second-order valence-corrected chi connectivity index (χ2v) is 7.24. The molecule has 2 heterocycles. The summed E-state index contributed by atoms with van der Waals surface area (Å²) in [6.45, 7) is 0. The van der Waals surface area contributed by atoms with Gasteiger partial charge in [0, 0.05) is 16.7 Å². The van der Waals surface area contributed by atoms with Crippen LogP contribution in [0.15, 0.2) is 35.4 Å². The number of benzene rings is 1. The van der Waals surface area contributed by atoms with E-state index in [0.29, 0.717) is 34.2 Å². The minimum absolute atomic E-state index is 0.100. The summed E-state index contributed by atoms with van der Waals surface area (Å²) in [7, 11) is 1.40. The fraction of sp³-hybridized carbons (Fsp3) is 0.333. The van der Waals surface area contributed by atoms with Crippen molar-refractivity contribution in [3.05, 3.63) is 46.0 Å². The van der Waals surface area contributed by atoms with Gasteiger partial charge < -0.3 is 9.84 Å². The van der Waals surface area contributed by atoms with Crippen LogP contribution in [0.4, 0.5) is 0 Å². The van der Waals surface area contributed by atoms with Crippen molar-refractivity contribution < 1.29 is 14.6 Å². The van der Waals surface area contributed by atoms with Gasteiger partial charge in [-0.25, -0.2) is 9.48 Å². The van der Waals surface area contributed by atoms with Crippen LogP contribution in [0, 0.1) is 5.92 Å². The second-order valence-electron chi connectivity index (χ2n) is 6.80. The molecule has 1 unspecified atom stereocenters. The highest BCUT2D eigenvalue weighted by molar-refractivity contribution is 6.31. The van der Waals surface area contributed by atoms with Crippen LogP contribution >= 0.6 is 11.6 Å². The molecule has 0 radical (unpaired) electrons. The molecule has 10 nitrogen and oxygen atoms in total. The molecule has 0 saturated heterocycles. The molecule has 2 aromatic heterocycles. The Labute approximate surface area is 169 Å². The first-order valence-electron chi connectivity index (χ1n) is 8.92. The third-order valence-electron chi connectivity index (χ3n) is 4.79. The molecular weight excluding hydrogens is 400 g/mol. The van der Waals surface area contributed by atoms with Gasteiger partial charge in [0.05, 0.1) is 18.4 Å². The topological polar surface area (TPSA) is 125 Å². The van der Waals surface area contributed by atoms with Crippen LogP contribution < -0.4 is 10.3 Å². The number of aliphatic carboxylic acids is 1. The van der Waals surface area contributed by atoms with Gasteiger partial charge >= 0.3 is 5.97 Å². The van der Waals surface area contributed by atoms with Gasteiger partial charge in [-0.05, 0) is 41.0 Å². The highest BCUT2D eigenvalue weighted by Crippen LogP contribution is 2.37. The Hall–Kier alpha value is -3.27. The first-order chi connectivity index (χ1) is 14.0. The van der Waals surface area contributed by atoms with E-state index in [2.05, 4.69) is 20.6 Å². The number of hydrogen-bond acceptors (Lipinski definition) is 7. The fourth-order valence-electron chi connectivity index (χ4n) is 3.19. The van der Waals surface area contributed by atoms with E-state index in [-0.39, 0.29) is 5.88 Å². The number of hydrogen-bond donors (Lipinski definition) is 1. The molecule has 4 rings (SSSR count). The number of halogens is 1. The fourth-order valence-corrected chi connectivity index (χ4v) is 3.36. The standard InChI is InChI=1S/C18H17ClN6O4/c1-29-17-13(12-7-11(19)4-5-14(12)24-9-20-22-23-24)8-16(26)25(21-17)15(18(27)28)6-10-2-3-10/h4-5,7-10,15H,2-3,6H2,1H3,(H,27,28). The van der Waals surface area contributed by atoms with Crippen molar-refractivity contribution in [2.45, 2.75) is 25.3 Å². The SMILES string of the molecule is COc1nn(C(CC2CC2)C(=O)O)c(=O)cc1-c1cc(Cl)ccc1-n1cnnn1. The lowest BCUT2D eigenvalue weighted by molar-refractivity contribution is -0.141. The third kappa shape index (κ3) is 3.83. The van der Waals surface area contributed by atoms with Gasteiger partial charge in [0.15, 0.2) is 6.04 Å². The van der Waals surface area contributed by atoms with Crippen LogP contribution in [0.1, 0.15) is 25.3 Å². The summed E-state index contributed by atoms with van der Waals surface area (Å²) in [6, 6.07) is 5.26. The molecule has 150 valence electrons. The average Bonchev–Trinajstić information content (AvgIpc) is 3.36. The zero-order chi connectivity index (χ0) is 20.5. The van der Waals surface area contributed by atoms with Gasteiger partial charge in [0.25, 0.3) is 5.56 Å². The summed E-state index contributed by atoms with van der Waals surface area (Å²) >= 11 is 6.17. The molecule has 1 aromatic carbocycles. The minimum atomic E-state index is -1.10. The molecule has 1 aliphatic carbocycles. The van der Waals surface area contributed by atoms with Gasteiger partial charge in [0.2, 0.25) is 5.88 Å². The van der Waals surface area contributed by atoms with E-state index < -0.39 is 17.6 Å². The van der Waals surface area contributed by atoms with E-state index >= 15 is 0 Å². The molecule has 1 fully saturated rings. The molecule has 0 spiro atoms. The third-order valence-corrected chi connectivity index (χ3v) is 5.03. The molecule has 0 bridgehead atoms. The molecule has 1 aliphatic rings. The summed E-state index contributed by atoms with van der Waals surface area (Å²) < 4.78 is 7.79. The number of aromatic nitrogens is 6. The Balaban J connectivity index is 1.86. The van der Waals surface area contributed by atoms with Gasteiger partial charge in [-0.3, -0.25) is 4.79 Å². The average molecular weight is 417 g/mol. The van der Waals surface area contributed by atoms with Crippen molar-refractivity contribution in [1.82, 2.24) is 30.0 Å². The summed E-state index contributed by atoms with van der Waals surface area (Å²) in [5.41, 5.74) is 0.894. The maximum Gasteiger partial charge on any atom is 0.328 e. The van der Waals surface area contributed by atoms with E-state index in [1.54, 1.807) is 18.2 Å². The Morgan fingerprint density at radius 3 is 2.76 bits per heavy atom. The highest BCUT2D eigenvalue weighted by Gasteiger charge is 2.32. The van der Waals surface area contributed by atoms with Crippen LogP contribution in [0.3, 0.4) is 0 Å². The van der Waals surface area contributed by atoms with Crippen molar-refractivity contribution in [2.75, 3.05) is 7.11 Å². The number of carboxylic acid groups (broad SMARTS) is 1. The van der Waals surface area contributed by atoms with Gasteiger partial charge in [-0.15, -0.1) is 10.2 Å². The number of rotatable bonds is 7. The van der Waals surface area contributed by atoms with Gasteiger partial charge in [0.1, 0.15) is 6.33 Å². The number of carboxylic acids is 1. The zero-order valence-corrected chi connectivity index (χ0v) is 16.2. The van der Waals surface area contributed by atoms with Crippen LogP contribution in [0.5, 0.6) is 5.88 Å². The maximum atomic E-state index is 12.8. The molecular formula is C18H17ClN6O4. The number of ether oxygens (including phenoxy) is 1. The molecule has 11 heteroatoms. The number of methoxy groups -OCH3 is 1. The van der Waals surface area contributed by atoms with Crippen LogP contribution in [0.25, 0.3) is 16.8 Å². The molecule has 3 aromatic rings. The largest absolute Gasteiger partial charge is 0.480 e. The minimum Gasteiger partial charge on any atom is -0.480 e. The Bertz CT molecular complexity index is 1110. The second kappa shape index (κ2) is 7.63. The Morgan fingerprint density at radius 2 is 2.14 bits per heavy atom. The number of nitrogens with zero attached hydrogens (tertiary/aromatic N) is 6. The van der Waals surface area contributed by atoms with E-state index in [1.165, 1.54) is 24.2 Å². The first kappa shape index (κ1) is 19.1. The monoisotopic (exact) mass is 416 g/mol. The van der Waals surface area contributed by atoms with Crippen LogP contribution in [-0.2, 0) is 4.79 Å². The first-order valence-corrected chi connectivity index (χ1v) is 9.29. The molecule has 0 aliphatic heterocycles. The Kier molecular flexibility index (Phi) is 5.01. The number of tetrazole rings is 1. The van der Waals surface area contributed by atoms with Crippen LogP contribution in [-0.4, -0.2) is 48.2 Å². The predicted octanol–water partition coefficient (Wildman–Crippen LogP) is 1.97. The van der Waals surface area contributed by atoms with Crippen molar-refractivity contribution in [3.8, 4) is 22.7 Å². The van der Waals surface area contributed by atoms with E-state index in [4.69, 9.17) is 16.3 Å². The maximum absolute atomic E-state index is 12.8. The lowest BCUT2D eigenvalue weighted by Gasteiger charge is -2.17. The number of carbonyl (C=O) groups is 1. The van der Waals surface area contributed by atoms with E-state index in [9.17, 15) is 14.7 Å². The van der Waals surface area contributed by atoms with Crippen molar-refractivity contribution >= 4 is 17.6 Å².